The molecule has 1 N–H and O–H groups in total. The van der Waals surface area contributed by atoms with Crippen molar-refractivity contribution >= 4 is 0 Å². The van der Waals surface area contributed by atoms with E-state index < -0.39 is 0 Å². The summed E-state index contributed by atoms with van der Waals surface area (Å²) >= 11 is 0. The van der Waals surface area contributed by atoms with Crippen LogP contribution in [0.4, 0.5) is 0 Å². The van der Waals surface area contributed by atoms with Gasteiger partial charge in [-0.2, -0.15) is 0 Å². The van der Waals surface area contributed by atoms with E-state index in [2.05, 4.69) is 32.7 Å². The van der Waals surface area contributed by atoms with Crippen LogP contribution >= 0.6 is 0 Å². The molecule has 0 aromatic carbocycles. The van der Waals surface area contributed by atoms with Crippen molar-refractivity contribution in [3.8, 4) is 0 Å². The SMILES string of the molecule is C=C(C)CCOCCCCCCNC(C)(C)C. The van der Waals surface area contributed by atoms with E-state index in [0.29, 0.717) is 0 Å². The van der Waals surface area contributed by atoms with Gasteiger partial charge in [-0.05, 0) is 53.5 Å². The summed E-state index contributed by atoms with van der Waals surface area (Å²) in [6.07, 6.45) is 6.02. The summed E-state index contributed by atoms with van der Waals surface area (Å²) in [6, 6.07) is 0. The van der Waals surface area contributed by atoms with Crippen molar-refractivity contribution in [2.45, 2.75) is 65.3 Å². The molecule has 0 aromatic rings. The van der Waals surface area contributed by atoms with E-state index in [0.717, 1.165) is 26.2 Å². The van der Waals surface area contributed by atoms with Crippen LogP contribution in [0, 0.1) is 0 Å². The molecule has 0 unspecified atom stereocenters. The Bertz CT molecular complexity index is 194. The van der Waals surface area contributed by atoms with Crippen molar-refractivity contribution in [3.05, 3.63) is 12.2 Å². The van der Waals surface area contributed by atoms with E-state index in [4.69, 9.17) is 4.74 Å². The van der Waals surface area contributed by atoms with E-state index in [1.165, 1.54) is 31.3 Å². The molecule has 0 atom stereocenters. The van der Waals surface area contributed by atoms with E-state index in [9.17, 15) is 0 Å². The molecule has 0 radical (unpaired) electrons. The summed E-state index contributed by atoms with van der Waals surface area (Å²) in [5.41, 5.74) is 1.46. The molecule has 0 aromatic heterocycles. The summed E-state index contributed by atoms with van der Waals surface area (Å²) in [7, 11) is 0. The molecule has 0 rings (SSSR count). The number of nitrogens with one attached hydrogen (secondary N) is 1. The van der Waals surface area contributed by atoms with Crippen molar-refractivity contribution in [3.63, 3.8) is 0 Å². The van der Waals surface area contributed by atoms with Crippen LogP contribution in [0.25, 0.3) is 0 Å². The maximum absolute atomic E-state index is 5.53. The van der Waals surface area contributed by atoms with Gasteiger partial charge in [0.2, 0.25) is 0 Å². The highest BCUT2D eigenvalue weighted by atomic mass is 16.5. The zero-order valence-corrected chi connectivity index (χ0v) is 12.3. The van der Waals surface area contributed by atoms with Crippen LogP contribution in [0.2, 0.25) is 0 Å². The van der Waals surface area contributed by atoms with Gasteiger partial charge in [-0.15, -0.1) is 6.58 Å². The normalized spacial score (nSPS) is 11.8. The van der Waals surface area contributed by atoms with E-state index >= 15 is 0 Å². The predicted octanol–water partition coefficient (Wildman–Crippen LogP) is 3.92. The van der Waals surface area contributed by atoms with Crippen LogP contribution in [0.5, 0.6) is 0 Å². The Morgan fingerprint density at radius 3 is 2.29 bits per heavy atom. The second kappa shape index (κ2) is 9.67. The smallest absolute Gasteiger partial charge is 0.0502 e. The topological polar surface area (TPSA) is 21.3 Å². The van der Waals surface area contributed by atoms with Crippen molar-refractivity contribution in [1.29, 1.82) is 0 Å². The fraction of sp³-hybridized carbons (Fsp3) is 0.867. The van der Waals surface area contributed by atoms with E-state index in [1.54, 1.807) is 0 Å². The zero-order valence-electron chi connectivity index (χ0n) is 12.3. The van der Waals surface area contributed by atoms with Gasteiger partial charge in [0.25, 0.3) is 0 Å². The Kier molecular flexibility index (Phi) is 9.47. The number of hydrogen-bond donors (Lipinski definition) is 1. The quantitative estimate of drug-likeness (QED) is 0.462. The average Bonchev–Trinajstić information content (AvgIpc) is 2.18. The molecular weight excluding hydrogens is 210 g/mol. The minimum Gasteiger partial charge on any atom is -0.381 e. The largest absolute Gasteiger partial charge is 0.381 e. The molecular formula is C15H31NO. The lowest BCUT2D eigenvalue weighted by molar-refractivity contribution is 0.133. The molecule has 0 aliphatic heterocycles. The Morgan fingerprint density at radius 2 is 1.71 bits per heavy atom. The van der Waals surface area contributed by atoms with E-state index in [1.807, 2.05) is 6.92 Å². The lowest BCUT2D eigenvalue weighted by Gasteiger charge is -2.20. The van der Waals surface area contributed by atoms with Crippen molar-refractivity contribution in [2.24, 2.45) is 0 Å². The Hall–Kier alpha value is -0.340. The second-order valence-corrected chi connectivity index (χ2v) is 5.91. The fourth-order valence-corrected chi connectivity index (χ4v) is 1.49. The minimum absolute atomic E-state index is 0.256. The second-order valence-electron chi connectivity index (χ2n) is 5.91. The number of rotatable bonds is 10. The van der Waals surface area contributed by atoms with Crippen LogP contribution in [-0.4, -0.2) is 25.3 Å². The maximum atomic E-state index is 5.53. The standard InChI is InChI=1S/C15H31NO/c1-14(2)10-13-17-12-9-7-6-8-11-16-15(3,4)5/h16H,1,6-13H2,2-5H3. The van der Waals surface area contributed by atoms with Gasteiger partial charge in [-0.3, -0.25) is 0 Å². The molecule has 0 heterocycles. The van der Waals surface area contributed by atoms with Gasteiger partial charge in [0.05, 0.1) is 6.61 Å². The molecule has 0 saturated heterocycles. The maximum Gasteiger partial charge on any atom is 0.0502 e. The van der Waals surface area contributed by atoms with Gasteiger partial charge in [-0.1, -0.05) is 18.4 Å². The summed E-state index contributed by atoms with van der Waals surface area (Å²) < 4.78 is 5.53. The van der Waals surface area contributed by atoms with Gasteiger partial charge in [-0.25, -0.2) is 0 Å². The summed E-state index contributed by atoms with van der Waals surface area (Å²) in [5, 5.41) is 3.50. The third kappa shape index (κ3) is 15.7. The monoisotopic (exact) mass is 241 g/mol. The highest BCUT2D eigenvalue weighted by Gasteiger charge is 2.06. The molecule has 2 heteroatoms. The first-order chi connectivity index (χ1) is 7.92. The molecule has 0 spiro atoms. The van der Waals surface area contributed by atoms with Crippen LogP contribution < -0.4 is 5.32 Å². The molecule has 2 nitrogen and oxygen atoms in total. The summed E-state index contributed by atoms with van der Waals surface area (Å²) in [5.74, 6) is 0. The summed E-state index contributed by atoms with van der Waals surface area (Å²) in [4.78, 5) is 0. The average molecular weight is 241 g/mol. The van der Waals surface area contributed by atoms with Gasteiger partial charge in [0, 0.05) is 12.1 Å². The third-order valence-electron chi connectivity index (χ3n) is 2.54. The lowest BCUT2D eigenvalue weighted by atomic mass is 10.1. The van der Waals surface area contributed by atoms with Crippen molar-refractivity contribution < 1.29 is 4.74 Å². The number of unbranched alkanes of at least 4 members (excludes halogenated alkanes) is 3. The molecule has 17 heavy (non-hydrogen) atoms. The summed E-state index contributed by atoms with van der Waals surface area (Å²) in [6.45, 7) is 15.4. The lowest BCUT2D eigenvalue weighted by Crippen LogP contribution is -2.36. The molecule has 0 fully saturated rings. The Morgan fingerprint density at radius 1 is 1.06 bits per heavy atom. The van der Waals surface area contributed by atoms with Crippen LogP contribution in [0.15, 0.2) is 12.2 Å². The van der Waals surface area contributed by atoms with Crippen LogP contribution in [-0.2, 0) is 4.74 Å². The highest BCUT2D eigenvalue weighted by Crippen LogP contribution is 2.03. The van der Waals surface area contributed by atoms with E-state index in [-0.39, 0.29) is 5.54 Å². The molecule has 0 bridgehead atoms. The fourth-order valence-electron chi connectivity index (χ4n) is 1.49. The van der Waals surface area contributed by atoms with Crippen molar-refractivity contribution in [2.75, 3.05) is 19.8 Å². The Labute approximate surface area is 108 Å². The predicted molar refractivity (Wildman–Crippen MR) is 76.5 cm³/mol. The van der Waals surface area contributed by atoms with Crippen LogP contribution in [0.3, 0.4) is 0 Å². The molecule has 102 valence electrons. The first kappa shape index (κ1) is 16.7. The molecule has 0 saturated carbocycles. The molecule has 0 amide bonds. The van der Waals surface area contributed by atoms with Crippen molar-refractivity contribution in [1.82, 2.24) is 5.32 Å². The first-order valence-corrected chi connectivity index (χ1v) is 6.89. The zero-order chi connectivity index (χ0) is 13.1. The van der Waals surface area contributed by atoms with Crippen LogP contribution in [0.1, 0.15) is 59.8 Å². The molecule has 0 aliphatic rings. The van der Waals surface area contributed by atoms with Gasteiger partial charge in [0.1, 0.15) is 0 Å². The number of ether oxygens (including phenoxy) is 1. The first-order valence-electron chi connectivity index (χ1n) is 6.89. The highest BCUT2D eigenvalue weighted by molar-refractivity contribution is 4.86. The number of hydrogen-bond acceptors (Lipinski definition) is 2. The Balaban J connectivity index is 3.06. The third-order valence-corrected chi connectivity index (χ3v) is 2.54. The minimum atomic E-state index is 0.256. The van der Waals surface area contributed by atoms with Gasteiger partial charge in [0.15, 0.2) is 0 Å². The van der Waals surface area contributed by atoms with Gasteiger partial charge >= 0.3 is 0 Å². The van der Waals surface area contributed by atoms with Gasteiger partial charge < -0.3 is 10.1 Å². The molecule has 0 aliphatic carbocycles.